The maximum Gasteiger partial charge on any atom is 0.118 e. The Labute approximate surface area is 119 Å². The molecule has 0 amide bonds. The van der Waals surface area contributed by atoms with E-state index in [1.54, 1.807) is 7.11 Å². The first kappa shape index (κ1) is 13.9. The van der Waals surface area contributed by atoms with Gasteiger partial charge in [-0.2, -0.15) is 0 Å². The van der Waals surface area contributed by atoms with Gasteiger partial charge in [0.05, 0.1) is 13.2 Å². The second-order valence-electron chi connectivity index (χ2n) is 4.71. The van der Waals surface area contributed by atoms with Gasteiger partial charge in [0.1, 0.15) is 5.75 Å². The van der Waals surface area contributed by atoms with Gasteiger partial charge in [-0.05, 0) is 54.3 Å². The summed E-state index contributed by atoms with van der Waals surface area (Å²) in [6.45, 7) is 4.11. The molecule has 0 heterocycles. The highest BCUT2D eigenvalue weighted by Crippen LogP contribution is 2.29. The Kier molecular flexibility index (Phi) is 4.13. The molecule has 3 heteroatoms. The van der Waals surface area contributed by atoms with E-state index >= 15 is 0 Å². The van der Waals surface area contributed by atoms with Crippen LogP contribution in [-0.2, 0) is 0 Å². The molecule has 2 aromatic rings. The van der Waals surface area contributed by atoms with E-state index in [9.17, 15) is 0 Å². The fraction of sp³-hybridized carbons (Fsp3) is 0.250. The molecule has 0 saturated heterocycles. The van der Waals surface area contributed by atoms with Crippen LogP contribution in [0.2, 0.25) is 5.02 Å². The lowest BCUT2D eigenvalue weighted by molar-refractivity contribution is 0.414. The van der Waals surface area contributed by atoms with Crippen LogP contribution in [0.25, 0.3) is 0 Å². The topological polar surface area (TPSA) is 35.2 Å². The van der Waals surface area contributed by atoms with Crippen LogP contribution in [0.15, 0.2) is 36.4 Å². The molecule has 0 aliphatic carbocycles. The molecule has 19 heavy (non-hydrogen) atoms. The van der Waals surface area contributed by atoms with Crippen LogP contribution in [0.1, 0.15) is 28.3 Å². The Morgan fingerprint density at radius 2 is 1.63 bits per heavy atom. The standard InChI is InChI=1S/C16H18ClNO/c1-10-8-14(15(17)9-11(10)2)16(18)12-4-6-13(19-3)7-5-12/h4-9,16H,18H2,1-3H3. The second kappa shape index (κ2) is 5.64. The predicted molar refractivity (Wildman–Crippen MR) is 80.0 cm³/mol. The lowest BCUT2D eigenvalue weighted by Gasteiger charge is -2.16. The summed E-state index contributed by atoms with van der Waals surface area (Å²) >= 11 is 6.30. The molecular weight excluding hydrogens is 258 g/mol. The van der Waals surface area contributed by atoms with E-state index in [0.717, 1.165) is 16.9 Å². The number of rotatable bonds is 3. The number of benzene rings is 2. The molecule has 0 fully saturated rings. The third-order valence-corrected chi connectivity index (χ3v) is 3.75. The first-order valence-corrected chi connectivity index (χ1v) is 6.57. The minimum absolute atomic E-state index is 0.224. The second-order valence-corrected chi connectivity index (χ2v) is 5.12. The van der Waals surface area contributed by atoms with E-state index in [-0.39, 0.29) is 6.04 Å². The van der Waals surface area contributed by atoms with E-state index in [0.29, 0.717) is 5.02 Å². The zero-order valence-corrected chi connectivity index (χ0v) is 12.2. The van der Waals surface area contributed by atoms with Crippen LogP contribution in [0.4, 0.5) is 0 Å². The van der Waals surface area contributed by atoms with Gasteiger partial charge in [-0.1, -0.05) is 29.8 Å². The summed E-state index contributed by atoms with van der Waals surface area (Å²) < 4.78 is 5.15. The summed E-state index contributed by atoms with van der Waals surface area (Å²) in [6.07, 6.45) is 0. The van der Waals surface area contributed by atoms with Crippen molar-refractivity contribution in [1.29, 1.82) is 0 Å². The maximum atomic E-state index is 6.30. The summed E-state index contributed by atoms with van der Waals surface area (Å²) in [6, 6.07) is 11.6. The quantitative estimate of drug-likeness (QED) is 0.918. The largest absolute Gasteiger partial charge is 0.497 e. The number of hydrogen-bond acceptors (Lipinski definition) is 2. The molecule has 2 aromatic carbocycles. The van der Waals surface area contributed by atoms with Gasteiger partial charge in [-0.3, -0.25) is 0 Å². The number of nitrogens with two attached hydrogens (primary N) is 1. The molecule has 0 radical (unpaired) electrons. The fourth-order valence-electron chi connectivity index (χ4n) is 2.03. The lowest BCUT2D eigenvalue weighted by Crippen LogP contribution is -2.12. The van der Waals surface area contributed by atoms with E-state index in [2.05, 4.69) is 13.0 Å². The smallest absolute Gasteiger partial charge is 0.118 e. The van der Waals surface area contributed by atoms with Gasteiger partial charge in [0.15, 0.2) is 0 Å². The van der Waals surface area contributed by atoms with E-state index in [1.165, 1.54) is 11.1 Å². The first-order chi connectivity index (χ1) is 9.02. The normalized spacial score (nSPS) is 12.3. The average molecular weight is 276 g/mol. The summed E-state index contributed by atoms with van der Waals surface area (Å²) in [5.41, 5.74) is 10.6. The summed E-state index contributed by atoms with van der Waals surface area (Å²) in [4.78, 5) is 0. The van der Waals surface area contributed by atoms with Crippen molar-refractivity contribution in [3.63, 3.8) is 0 Å². The molecule has 1 atom stereocenters. The van der Waals surface area contributed by atoms with Crippen molar-refractivity contribution in [2.24, 2.45) is 5.73 Å². The van der Waals surface area contributed by atoms with Gasteiger partial charge >= 0.3 is 0 Å². The average Bonchev–Trinajstić information content (AvgIpc) is 2.42. The SMILES string of the molecule is COc1ccc(C(N)c2cc(C)c(C)cc2Cl)cc1. The number of halogens is 1. The fourth-order valence-corrected chi connectivity index (χ4v) is 2.37. The molecular formula is C16H18ClNO. The highest BCUT2D eigenvalue weighted by Gasteiger charge is 2.13. The predicted octanol–water partition coefficient (Wildman–Crippen LogP) is 4.01. The van der Waals surface area contributed by atoms with Gasteiger partial charge in [-0.25, -0.2) is 0 Å². The van der Waals surface area contributed by atoms with Gasteiger partial charge < -0.3 is 10.5 Å². The highest BCUT2D eigenvalue weighted by molar-refractivity contribution is 6.31. The molecule has 0 aliphatic rings. The van der Waals surface area contributed by atoms with Gasteiger partial charge in [-0.15, -0.1) is 0 Å². The molecule has 0 aromatic heterocycles. The van der Waals surface area contributed by atoms with Crippen molar-refractivity contribution >= 4 is 11.6 Å². The highest BCUT2D eigenvalue weighted by atomic mass is 35.5. The van der Waals surface area contributed by atoms with Gasteiger partial charge in [0, 0.05) is 5.02 Å². The van der Waals surface area contributed by atoms with Crippen molar-refractivity contribution in [3.05, 3.63) is 63.7 Å². The Morgan fingerprint density at radius 3 is 2.21 bits per heavy atom. The minimum atomic E-state index is -0.224. The van der Waals surface area contributed by atoms with Crippen LogP contribution < -0.4 is 10.5 Å². The van der Waals surface area contributed by atoms with Crippen LogP contribution in [-0.4, -0.2) is 7.11 Å². The number of ether oxygens (including phenoxy) is 1. The monoisotopic (exact) mass is 275 g/mol. The number of aryl methyl sites for hydroxylation is 2. The van der Waals surface area contributed by atoms with Crippen molar-refractivity contribution in [2.75, 3.05) is 7.11 Å². The van der Waals surface area contributed by atoms with Crippen molar-refractivity contribution in [3.8, 4) is 5.75 Å². The van der Waals surface area contributed by atoms with Gasteiger partial charge in [0.2, 0.25) is 0 Å². The molecule has 0 aliphatic heterocycles. The minimum Gasteiger partial charge on any atom is -0.497 e. The van der Waals surface area contributed by atoms with Crippen LogP contribution in [0.3, 0.4) is 0 Å². The van der Waals surface area contributed by atoms with Gasteiger partial charge in [0.25, 0.3) is 0 Å². The van der Waals surface area contributed by atoms with Crippen molar-refractivity contribution in [1.82, 2.24) is 0 Å². The Bertz CT molecular complexity index is 578. The summed E-state index contributed by atoms with van der Waals surface area (Å²) in [7, 11) is 1.65. The van der Waals surface area contributed by atoms with Crippen LogP contribution in [0, 0.1) is 13.8 Å². The van der Waals surface area contributed by atoms with Crippen molar-refractivity contribution < 1.29 is 4.74 Å². The molecule has 0 saturated carbocycles. The Balaban J connectivity index is 2.37. The van der Waals surface area contributed by atoms with E-state index in [4.69, 9.17) is 22.1 Å². The molecule has 0 bridgehead atoms. The summed E-state index contributed by atoms with van der Waals surface area (Å²) in [5, 5.41) is 0.714. The maximum absolute atomic E-state index is 6.30. The third kappa shape index (κ3) is 2.91. The molecule has 0 spiro atoms. The Morgan fingerprint density at radius 1 is 1.05 bits per heavy atom. The van der Waals surface area contributed by atoms with Crippen LogP contribution >= 0.6 is 11.6 Å². The molecule has 2 N–H and O–H groups in total. The number of hydrogen-bond donors (Lipinski definition) is 1. The Hall–Kier alpha value is -1.51. The molecule has 2 nitrogen and oxygen atoms in total. The van der Waals surface area contributed by atoms with E-state index < -0.39 is 0 Å². The number of methoxy groups -OCH3 is 1. The molecule has 100 valence electrons. The van der Waals surface area contributed by atoms with Crippen molar-refractivity contribution in [2.45, 2.75) is 19.9 Å². The zero-order valence-electron chi connectivity index (χ0n) is 11.4. The van der Waals surface area contributed by atoms with E-state index in [1.807, 2.05) is 37.3 Å². The first-order valence-electron chi connectivity index (χ1n) is 6.19. The lowest BCUT2D eigenvalue weighted by atomic mass is 9.96. The summed E-state index contributed by atoms with van der Waals surface area (Å²) in [5.74, 6) is 0.821. The zero-order chi connectivity index (χ0) is 14.0. The molecule has 1 unspecified atom stereocenters. The third-order valence-electron chi connectivity index (χ3n) is 3.42. The van der Waals surface area contributed by atoms with Crippen LogP contribution in [0.5, 0.6) is 5.75 Å². The molecule has 2 rings (SSSR count).